The molecule has 1 heterocycles. The van der Waals surface area contributed by atoms with Crippen LogP contribution in [-0.4, -0.2) is 39.9 Å². The fraction of sp³-hybridized carbons (Fsp3) is 1.00. The predicted molar refractivity (Wildman–Crippen MR) is 83.5 cm³/mol. The zero-order valence-electron chi connectivity index (χ0n) is 13.6. The molecule has 0 aromatic carbocycles. The standard InChI is InChI=1S/C15H33NO2Si/c1-6-14(7-2)13-15(18-19(4,5)17-3)16-11-9-8-10-12-16/h14-15H,6-13H2,1-5H3. The maximum absolute atomic E-state index is 6.40. The summed E-state index contributed by atoms with van der Waals surface area (Å²) in [6.07, 6.45) is 7.94. The highest BCUT2D eigenvalue weighted by Gasteiger charge is 2.32. The van der Waals surface area contributed by atoms with E-state index < -0.39 is 8.56 Å². The molecule has 1 aliphatic heterocycles. The van der Waals surface area contributed by atoms with Gasteiger partial charge in [0.15, 0.2) is 0 Å². The molecule has 3 nitrogen and oxygen atoms in total. The van der Waals surface area contributed by atoms with Gasteiger partial charge in [0, 0.05) is 20.2 Å². The summed E-state index contributed by atoms with van der Waals surface area (Å²) in [7, 11) is -0.170. The molecular formula is C15H33NO2Si. The molecule has 0 bridgehead atoms. The average Bonchev–Trinajstić information content (AvgIpc) is 2.44. The highest BCUT2D eigenvalue weighted by molar-refractivity contribution is 6.64. The first-order chi connectivity index (χ1) is 9.02. The molecule has 1 rings (SSSR count). The monoisotopic (exact) mass is 287 g/mol. The third-order valence-corrected chi connectivity index (χ3v) is 6.22. The van der Waals surface area contributed by atoms with Gasteiger partial charge in [0.2, 0.25) is 0 Å². The van der Waals surface area contributed by atoms with Crippen molar-refractivity contribution in [1.29, 1.82) is 0 Å². The zero-order chi connectivity index (χ0) is 14.3. The summed E-state index contributed by atoms with van der Waals surface area (Å²) in [6, 6.07) is 0. The molecule has 4 heteroatoms. The quantitative estimate of drug-likeness (QED) is 0.630. The Hall–Kier alpha value is 0.0969. The highest BCUT2D eigenvalue weighted by atomic mass is 28.4. The Balaban J connectivity index is 2.65. The van der Waals surface area contributed by atoms with E-state index in [4.69, 9.17) is 8.85 Å². The van der Waals surface area contributed by atoms with E-state index in [1.807, 2.05) is 0 Å². The molecule has 0 aromatic rings. The van der Waals surface area contributed by atoms with Crippen LogP contribution in [0.4, 0.5) is 0 Å². The lowest BCUT2D eigenvalue weighted by atomic mass is 9.97. The lowest BCUT2D eigenvalue weighted by Gasteiger charge is -2.39. The van der Waals surface area contributed by atoms with Gasteiger partial charge in [-0.25, -0.2) is 0 Å². The first-order valence-corrected chi connectivity index (χ1v) is 10.8. The van der Waals surface area contributed by atoms with Crippen LogP contribution in [-0.2, 0) is 8.85 Å². The molecule has 114 valence electrons. The lowest BCUT2D eigenvalue weighted by Crippen LogP contribution is -2.48. The summed E-state index contributed by atoms with van der Waals surface area (Å²) in [6.45, 7) is 11.3. The van der Waals surface area contributed by atoms with Gasteiger partial charge in [0.05, 0.1) is 0 Å². The molecule has 0 aliphatic carbocycles. The first-order valence-electron chi connectivity index (χ1n) is 7.99. The minimum Gasteiger partial charge on any atom is -0.398 e. The van der Waals surface area contributed by atoms with Crippen molar-refractivity contribution < 1.29 is 8.85 Å². The Kier molecular flexibility index (Phi) is 7.58. The van der Waals surface area contributed by atoms with Crippen molar-refractivity contribution in [1.82, 2.24) is 4.90 Å². The molecular weight excluding hydrogens is 254 g/mol. The van der Waals surface area contributed by atoms with E-state index in [1.54, 1.807) is 7.11 Å². The second kappa shape index (κ2) is 8.40. The van der Waals surface area contributed by atoms with E-state index in [9.17, 15) is 0 Å². The van der Waals surface area contributed by atoms with Crippen molar-refractivity contribution in [3.8, 4) is 0 Å². The smallest absolute Gasteiger partial charge is 0.332 e. The summed E-state index contributed by atoms with van der Waals surface area (Å²) < 4.78 is 12.0. The fourth-order valence-electron chi connectivity index (χ4n) is 2.76. The molecule has 1 fully saturated rings. The summed E-state index contributed by atoms with van der Waals surface area (Å²) in [4.78, 5) is 2.55. The maximum Gasteiger partial charge on any atom is 0.332 e. The van der Waals surface area contributed by atoms with E-state index in [0.29, 0.717) is 0 Å². The third-order valence-electron chi connectivity index (χ3n) is 4.40. The summed E-state index contributed by atoms with van der Waals surface area (Å²) in [5.74, 6) is 0.772. The molecule has 1 atom stereocenters. The Morgan fingerprint density at radius 1 is 1.05 bits per heavy atom. The van der Waals surface area contributed by atoms with Gasteiger partial charge in [0.1, 0.15) is 6.23 Å². The average molecular weight is 288 g/mol. The number of likely N-dealkylation sites (tertiary alicyclic amines) is 1. The minimum atomic E-state index is -1.96. The van der Waals surface area contributed by atoms with Gasteiger partial charge in [-0.05, 0) is 38.3 Å². The number of hydrogen-bond donors (Lipinski definition) is 0. The predicted octanol–water partition coefficient (Wildman–Crippen LogP) is 3.99. The van der Waals surface area contributed by atoms with E-state index in [2.05, 4.69) is 31.8 Å². The molecule has 0 N–H and O–H groups in total. The van der Waals surface area contributed by atoms with Crippen LogP contribution in [0.25, 0.3) is 0 Å². The van der Waals surface area contributed by atoms with Crippen LogP contribution < -0.4 is 0 Å². The third kappa shape index (κ3) is 5.94. The second-order valence-electron chi connectivity index (χ2n) is 6.19. The van der Waals surface area contributed by atoms with Crippen molar-refractivity contribution in [3.05, 3.63) is 0 Å². The Labute approximate surface area is 120 Å². The number of rotatable bonds is 8. The van der Waals surface area contributed by atoms with Crippen LogP contribution in [0, 0.1) is 5.92 Å². The molecule has 1 saturated heterocycles. The largest absolute Gasteiger partial charge is 0.398 e. The van der Waals surface area contributed by atoms with Gasteiger partial charge >= 0.3 is 8.56 Å². The van der Waals surface area contributed by atoms with E-state index in [-0.39, 0.29) is 6.23 Å². The molecule has 19 heavy (non-hydrogen) atoms. The van der Waals surface area contributed by atoms with Crippen LogP contribution in [0.3, 0.4) is 0 Å². The molecule has 0 amide bonds. The minimum absolute atomic E-state index is 0.270. The van der Waals surface area contributed by atoms with E-state index in [0.717, 1.165) is 12.3 Å². The number of hydrogen-bond acceptors (Lipinski definition) is 3. The van der Waals surface area contributed by atoms with Crippen LogP contribution in [0.2, 0.25) is 13.1 Å². The SMILES string of the molecule is CCC(CC)CC(O[Si](C)(C)OC)N1CCCCC1. The van der Waals surface area contributed by atoms with Crippen molar-refractivity contribution in [2.45, 2.75) is 71.7 Å². The van der Waals surface area contributed by atoms with Crippen LogP contribution in [0.1, 0.15) is 52.4 Å². The van der Waals surface area contributed by atoms with E-state index in [1.165, 1.54) is 45.2 Å². The number of piperidine rings is 1. The van der Waals surface area contributed by atoms with Gasteiger partial charge in [-0.3, -0.25) is 4.90 Å². The van der Waals surface area contributed by atoms with Gasteiger partial charge in [-0.2, -0.15) is 0 Å². The van der Waals surface area contributed by atoms with E-state index >= 15 is 0 Å². The van der Waals surface area contributed by atoms with Crippen LogP contribution in [0.5, 0.6) is 0 Å². The molecule has 0 saturated carbocycles. The van der Waals surface area contributed by atoms with Crippen LogP contribution >= 0.6 is 0 Å². The maximum atomic E-state index is 6.40. The van der Waals surface area contributed by atoms with Crippen molar-refractivity contribution in [3.63, 3.8) is 0 Å². The fourth-order valence-corrected chi connectivity index (χ4v) is 3.76. The lowest BCUT2D eigenvalue weighted by molar-refractivity contribution is -0.0266. The van der Waals surface area contributed by atoms with Gasteiger partial charge in [0.25, 0.3) is 0 Å². The van der Waals surface area contributed by atoms with Crippen molar-refractivity contribution in [2.24, 2.45) is 5.92 Å². The van der Waals surface area contributed by atoms with Gasteiger partial charge < -0.3 is 8.85 Å². The molecule has 1 unspecified atom stereocenters. The first kappa shape index (κ1) is 17.1. The van der Waals surface area contributed by atoms with Gasteiger partial charge in [-0.15, -0.1) is 0 Å². The van der Waals surface area contributed by atoms with Crippen LogP contribution in [0.15, 0.2) is 0 Å². The normalized spacial score (nSPS) is 19.9. The topological polar surface area (TPSA) is 21.7 Å². The molecule has 0 aromatic heterocycles. The highest BCUT2D eigenvalue weighted by Crippen LogP contribution is 2.25. The summed E-state index contributed by atoms with van der Waals surface area (Å²) >= 11 is 0. The summed E-state index contributed by atoms with van der Waals surface area (Å²) in [5.41, 5.74) is 0. The number of nitrogens with zero attached hydrogens (tertiary/aromatic N) is 1. The van der Waals surface area contributed by atoms with Crippen molar-refractivity contribution >= 4 is 8.56 Å². The van der Waals surface area contributed by atoms with Gasteiger partial charge in [-0.1, -0.05) is 33.1 Å². The molecule has 0 spiro atoms. The summed E-state index contributed by atoms with van der Waals surface area (Å²) in [5, 5.41) is 0. The Morgan fingerprint density at radius 3 is 2.11 bits per heavy atom. The Morgan fingerprint density at radius 2 is 1.63 bits per heavy atom. The second-order valence-corrected chi connectivity index (χ2v) is 9.63. The molecule has 1 aliphatic rings. The zero-order valence-corrected chi connectivity index (χ0v) is 14.6. The van der Waals surface area contributed by atoms with Crippen molar-refractivity contribution in [2.75, 3.05) is 20.2 Å². The Bertz CT molecular complexity index is 238. The molecule has 0 radical (unpaired) electrons.